The van der Waals surface area contributed by atoms with E-state index in [2.05, 4.69) is 13.8 Å². The molecule has 190 valence electrons. The molecule has 2 N–H and O–H groups in total. The molecule has 6 heteroatoms. The van der Waals surface area contributed by atoms with Crippen LogP contribution in [0.25, 0.3) is 0 Å². The molecule has 0 spiro atoms. The first-order chi connectivity index (χ1) is 14.5. The van der Waals surface area contributed by atoms with Gasteiger partial charge in [0.05, 0.1) is 5.92 Å². The Balaban J connectivity index is -0.000000279. The zero-order chi connectivity index (χ0) is 22.9. The van der Waals surface area contributed by atoms with Crippen LogP contribution in [-0.2, 0) is 29.1 Å². The largest absolute Gasteiger partial charge is 0 e. The maximum Gasteiger partial charge on any atom is 0 e. The van der Waals surface area contributed by atoms with Crippen LogP contribution in [0.2, 0.25) is 0 Å². The van der Waals surface area contributed by atoms with Crippen molar-refractivity contribution >= 4 is 38.1 Å². The van der Waals surface area contributed by atoms with Crippen LogP contribution in [0.5, 0.6) is 0 Å². The fourth-order valence-corrected chi connectivity index (χ4v) is 3.60. The summed E-state index contributed by atoms with van der Waals surface area (Å²) in [6.07, 6.45) is 23.9. The van der Waals surface area contributed by atoms with Crippen LogP contribution in [0.15, 0.2) is 0 Å². The predicted octanol–water partition coefficient (Wildman–Crippen LogP) is 7.43. The molecule has 0 saturated carbocycles. The maximum atomic E-state index is 10.4. The minimum absolute atomic E-state index is 0. The molecule has 32 heavy (non-hydrogen) atoms. The second-order valence-corrected chi connectivity index (χ2v) is 8.68. The van der Waals surface area contributed by atoms with Crippen LogP contribution in [0.4, 0.5) is 0 Å². The molecular weight excluding hydrogens is 651 g/mol. The molecule has 0 aliphatic heterocycles. The minimum atomic E-state index is -0.653. The van der Waals surface area contributed by atoms with Crippen LogP contribution in [0, 0.1) is 5.92 Å². The maximum absolute atomic E-state index is 10.4. The molecule has 0 bridgehead atoms. The summed E-state index contributed by atoms with van der Waals surface area (Å²) < 4.78 is 0. The molecule has 0 aliphatic carbocycles. The molecular formula is C26H55BiO4Zn. The first-order valence-corrected chi connectivity index (χ1v) is 12.9. The summed E-state index contributed by atoms with van der Waals surface area (Å²) in [4.78, 5) is 20.8. The molecule has 0 aromatic heterocycles. The molecule has 0 rings (SSSR count). The van der Waals surface area contributed by atoms with Gasteiger partial charge in [0.15, 0.2) is 0 Å². The van der Waals surface area contributed by atoms with E-state index in [9.17, 15) is 9.59 Å². The van der Waals surface area contributed by atoms with Crippen molar-refractivity contribution in [3.8, 4) is 0 Å². The second kappa shape index (κ2) is 33.6. The number of hydrogen-bond acceptors (Lipinski definition) is 2. The van der Waals surface area contributed by atoms with Gasteiger partial charge < -0.3 is 10.2 Å². The van der Waals surface area contributed by atoms with Gasteiger partial charge in [-0.1, -0.05) is 124 Å². The van der Waals surface area contributed by atoms with Crippen LogP contribution in [0.3, 0.4) is 0 Å². The van der Waals surface area contributed by atoms with Crippen molar-refractivity contribution in [1.29, 1.82) is 0 Å². The van der Waals surface area contributed by atoms with Crippen LogP contribution in [-0.4, -0.2) is 48.4 Å². The summed E-state index contributed by atoms with van der Waals surface area (Å²) in [5.41, 5.74) is 0. The van der Waals surface area contributed by atoms with Crippen molar-refractivity contribution in [2.75, 3.05) is 0 Å². The number of aliphatic carboxylic acids is 2. The van der Waals surface area contributed by atoms with Crippen LogP contribution < -0.4 is 0 Å². The average molecular weight is 706 g/mol. The Morgan fingerprint density at radius 3 is 1.22 bits per heavy atom. The Bertz CT molecular complexity index is 381. The molecule has 0 aromatic rings. The van der Waals surface area contributed by atoms with Crippen molar-refractivity contribution in [3.63, 3.8) is 0 Å². The number of hydrogen-bond donors (Lipinski definition) is 2. The molecule has 1 unspecified atom stereocenters. The summed E-state index contributed by atoms with van der Waals surface area (Å²) >= 11 is 0. The molecule has 0 radical (unpaired) electrons. The monoisotopic (exact) mass is 704 g/mol. The summed E-state index contributed by atoms with van der Waals surface area (Å²) in [6, 6.07) is 0. The molecule has 0 aliphatic rings. The summed E-state index contributed by atoms with van der Waals surface area (Å²) in [7, 11) is 0. The predicted molar refractivity (Wildman–Crippen MR) is 138 cm³/mol. The van der Waals surface area contributed by atoms with E-state index in [0.29, 0.717) is 6.42 Å². The van der Waals surface area contributed by atoms with Gasteiger partial charge in [0.25, 0.3) is 0 Å². The molecule has 0 fully saturated rings. The third kappa shape index (κ3) is 35.0. The van der Waals surface area contributed by atoms with Gasteiger partial charge in [-0.2, -0.15) is 0 Å². The number of unbranched alkanes of at least 4 members (excludes halogenated alkanes) is 15. The summed E-state index contributed by atoms with van der Waals surface area (Å²) in [6.45, 7) is 6.27. The van der Waals surface area contributed by atoms with E-state index in [0.717, 1.165) is 38.5 Å². The smallest absolute Gasteiger partial charge is 0 e. The minimum Gasteiger partial charge on any atom is 0 e. The molecule has 1 atom stereocenters. The average Bonchev–Trinajstić information content (AvgIpc) is 2.71. The fourth-order valence-electron chi connectivity index (χ4n) is 3.60. The zero-order valence-electron chi connectivity index (χ0n) is 21.8. The van der Waals surface area contributed by atoms with E-state index in [1.807, 2.05) is 6.92 Å². The van der Waals surface area contributed by atoms with Gasteiger partial charge in [0.2, 0.25) is 0 Å². The topological polar surface area (TPSA) is 74.6 Å². The van der Waals surface area contributed by atoms with E-state index in [1.54, 1.807) is 0 Å². The van der Waals surface area contributed by atoms with Gasteiger partial charge in [0.1, 0.15) is 0 Å². The number of rotatable bonds is 21. The SMILES string of the molecule is CCCCC(CC)C(=O)O.CCCCCCCCCCCCCCCCCC(=O)O.[BiH3].[Zn]. The number of carbonyl (C=O) groups is 2. The van der Waals surface area contributed by atoms with E-state index >= 15 is 0 Å². The van der Waals surface area contributed by atoms with E-state index in [4.69, 9.17) is 10.2 Å². The van der Waals surface area contributed by atoms with Crippen molar-refractivity contribution in [3.05, 3.63) is 0 Å². The first-order valence-electron chi connectivity index (χ1n) is 12.9. The van der Waals surface area contributed by atoms with Crippen LogP contribution in [0.1, 0.15) is 149 Å². The van der Waals surface area contributed by atoms with E-state index < -0.39 is 11.9 Å². The third-order valence-electron chi connectivity index (χ3n) is 5.74. The standard InChI is InChI=1S/C18H36O2.C8H16O2.Bi.Zn.3H/c1-2-3-4-5-6-7-8-9-10-11-12-13-14-15-16-17-18(19)20;1-3-5-6-7(4-2)8(9)10;;;;;/h2-17H2,1H3,(H,19,20);7H,3-6H2,1-2H3,(H,9,10);;;;;. The Morgan fingerprint density at radius 1 is 0.594 bits per heavy atom. The molecule has 0 aromatic carbocycles. The fraction of sp³-hybridized carbons (Fsp3) is 0.923. The van der Waals surface area contributed by atoms with Gasteiger partial charge in [-0.25, -0.2) is 0 Å². The van der Waals surface area contributed by atoms with Crippen molar-refractivity contribution in [2.45, 2.75) is 149 Å². The normalized spacial score (nSPS) is 10.8. The second-order valence-electron chi connectivity index (χ2n) is 8.68. The Kier molecular flexibility index (Phi) is 41.7. The van der Waals surface area contributed by atoms with Crippen LogP contribution >= 0.6 is 0 Å². The van der Waals surface area contributed by atoms with Crippen molar-refractivity contribution < 1.29 is 39.3 Å². The van der Waals surface area contributed by atoms with Gasteiger partial charge in [-0.15, -0.1) is 0 Å². The molecule has 0 heterocycles. The van der Waals surface area contributed by atoms with Gasteiger partial charge in [0, 0.05) is 25.9 Å². The third-order valence-corrected chi connectivity index (χ3v) is 5.74. The van der Waals surface area contributed by atoms with Crippen molar-refractivity contribution in [2.24, 2.45) is 5.92 Å². The molecule has 0 amide bonds. The van der Waals surface area contributed by atoms with Crippen molar-refractivity contribution in [1.82, 2.24) is 0 Å². The Hall–Kier alpha value is 0.446. The first kappa shape index (κ1) is 39.7. The summed E-state index contributed by atoms with van der Waals surface area (Å²) in [5, 5.41) is 17.1. The number of carboxylic acid groups (broad SMARTS) is 2. The molecule has 4 nitrogen and oxygen atoms in total. The van der Waals surface area contributed by atoms with E-state index in [-0.39, 0.29) is 51.6 Å². The zero-order valence-corrected chi connectivity index (χ0v) is 30.3. The molecule has 0 saturated heterocycles. The quantitative estimate of drug-likeness (QED) is 0.0963. The van der Waals surface area contributed by atoms with E-state index in [1.165, 1.54) is 83.5 Å². The Labute approximate surface area is 231 Å². The summed E-state index contributed by atoms with van der Waals surface area (Å²) in [5.74, 6) is -1.41. The van der Waals surface area contributed by atoms with Gasteiger partial charge in [-0.05, 0) is 19.3 Å². The van der Waals surface area contributed by atoms with Gasteiger partial charge in [-0.3, -0.25) is 9.59 Å². The Morgan fingerprint density at radius 2 is 0.938 bits per heavy atom. The van der Waals surface area contributed by atoms with Gasteiger partial charge >= 0.3 is 38.1 Å². The number of carboxylic acids is 2.